The van der Waals surface area contributed by atoms with Gasteiger partial charge in [0.1, 0.15) is 5.75 Å². The second-order valence-corrected chi connectivity index (χ2v) is 7.38. The van der Waals surface area contributed by atoms with Crippen LogP contribution in [0.5, 0.6) is 5.75 Å². The molecule has 0 aliphatic carbocycles. The number of rotatable bonds is 6. The number of hydrogen-bond donors (Lipinski definition) is 3. The Hall–Kier alpha value is -4.02. The molecule has 3 aromatic rings. The van der Waals surface area contributed by atoms with Gasteiger partial charge in [0.2, 0.25) is 0 Å². The van der Waals surface area contributed by atoms with Gasteiger partial charge in [0.15, 0.2) is 5.11 Å². The van der Waals surface area contributed by atoms with E-state index in [0.717, 1.165) is 6.07 Å². The number of anilines is 2. The zero-order chi connectivity index (χ0) is 24.0. The molecule has 3 rings (SSSR count). The molecule has 0 fully saturated rings. The molecule has 0 aliphatic heterocycles. The number of hydrogen-bond acceptors (Lipinski definition) is 6. The lowest BCUT2D eigenvalue weighted by Crippen LogP contribution is -2.34. The summed E-state index contributed by atoms with van der Waals surface area (Å²) in [5.74, 6) is -0.667. The number of ether oxygens (including phenoxy) is 1. The minimum Gasteiger partial charge on any atom is -0.494 e. The molecule has 0 aliphatic rings. The van der Waals surface area contributed by atoms with Crippen LogP contribution in [-0.2, 0) is 0 Å². The Bertz CT molecular complexity index is 1250. The lowest BCUT2D eigenvalue weighted by molar-refractivity contribution is -0.384. The SMILES string of the molecule is COc1cc(NC(=S)NC(=O)c2cccc([N+](=O)[O-])c2)ccc1NC(=O)c1ccccc1Cl. The molecule has 0 bridgehead atoms. The van der Waals surface area contributed by atoms with E-state index in [1.165, 1.54) is 25.3 Å². The fourth-order valence-electron chi connectivity index (χ4n) is 2.81. The van der Waals surface area contributed by atoms with Gasteiger partial charge in [-0.05, 0) is 42.5 Å². The van der Waals surface area contributed by atoms with E-state index >= 15 is 0 Å². The summed E-state index contributed by atoms with van der Waals surface area (Å²) in [6.07, 6.45) is 0. The zero-order valence-electron chi connectivity index (χ0n) is 17.1. The van der Waals surface area contributed by atoms with Crippen LogP contribution in [-0.4, -0.2) is 29.0 Å². The summed E-state index contributed by atoms with van der Waals surface area (Å²) >= 11 is 11.2. The second kappa shape index (κ2) is 10.5. The third-order valence-electron chi connectivity index (χ3n) is 4.37. The zero-order valence-corrected chi connectivity index (χ0v) is 18.7. The number of nitrogens with zero attached hydrogens (tertiary/aromatic N) is 1. The van der Waals surface area contributed by atoms with Crippen molar-refractivity contribution in [3.8, 4) is 5.75 Å². The van der Waals surface area contributed by atoms with Crippen molar-refractivity contribution in [2.24, 2.45) is 0 Å². The van der Waals surface area contributed by atoms with Gasteiger partial charge in [-0.25, -0.2) is 0 Å². The van der Waals surface area contributed by atoms with Crippen LogP contribution >= 0.6 is 23.8 Å². The quantitative estimate of drug-likeness (QED) is 0.264. The first-order valence-corrected chi connectivity index (χ1v) is 10.2. The summed E-state index contributed by atoms with van der Waals surface area (Å²) < 4.78 is 5.34. The molecule has 0 radical (unpaired) electrons. The molecule has 11 heteroatoms. The highest BCUT2D eigenvalue weighted by Gasteiger charge is 2.15. The van der Waals surface area contributed by atoms with Gasteiger partial charge in [-0.3, -0.25) is 25.0 Å². The average molecular weight is 485 g/mol. The molecule has 9 nitrogen and oxygen atoms in total. The van der Waals surface area contributed by atoms with Crippen LogP contribution in [0.15, 0.2) is 66.7 Å². The van der Waals surface area contributed by atoms with Crippen molar-refractivity contribution in [2.75, 3.05) is 17.7 Å². The topological polar surface area (TPSA) is 123 Å². The summed E-state index contributed by atoms with van der Waals surface area (Å²) in [4.78, 5) is 35.1. The van der Waals surface area contributed by atoms with Crippen molar-refractivity contribution in [1.29, 1.82) is 0 Å². The maximum Gasteiger partial charge on any atom is 0.270 e. The van der Waals surface area contributed by atoms with Gasteiger partial charge in [0.25, 0.3) is 17.5 Å². The van der Waals surface area contributed by atoms with E-state index < -0.39 is 16.7 Å². The molecule has 0 spiro atoms. The first kappa shape index (κ1) is 23.6. The number of nitro groups is 1. The summed E-state index contributed by atoms with van der Waals surface area (Å²) in [6, 6.07) is 16.7. The van der Waals surface area contributed by atoms with Crippen LogP contribution in [0.1, 0.15) is 20.7 Å². The Balaban J connectivity index is 1.68. The van der Waals surface area contributed by atoms with Gasteiger partial charge in [0.05, 0.1) is 28.3 Å². The van der Waals surface area contributed by atoms with Crippen LogP contribution in [0.2, 0.25) is 5.02 Å². The van der Waals surface area contributed by atoms with E-state index in [2.05, 4.69) is 16.0 Å². The smallest absolute Gasteiger partial charge is 0.270 e. The predicted molar refractivity (Wildman–Crippen MR) is 129 cm³/mol. The van der Waals surface area contributed by atoms with Crippen molar-refractivity contribution in [1.82, 2.24) is 5.32 Å². The third kappa shape index (κ3) is 6.03. The Morgan fingerprint density at radius 2 is 1.76 bits per heavy atom. The summed E-state index contributed by atoms with van der Waals surface area (Å²) in [6.45, 7) is 0. The average Bonchev–Trinajstić information content (AvgIpc) is 2.80. The summed E-state index contributed by atoms with van der Waals surface area (Å²) in [5, 5.41) is 19.2. The number of carbonyl (C=O) groups is 2. The molecule has 33 heavy (non-hydrogen) atoms. The fourth-order valence-corrected chi connectivity index (χ4v) is 3.24. The van der Waals surface area contributed by atoms with E-state index in [-0.39, 0.29) is 16.4 Å². The monoisotopic (exact) mass is 484 g/mol. The first-order chi connectivity index (χ1) is 15.8. The number of amides is 2. The normalized spacial score (nSPS) is 10.1. The molecule has 0 saturated carbocycles. The second-order valence-electron chi connectivity index (χ2n) is 6.56. The van der Waals surface area contributed by atoms with Crippen molar-refractivity contribution in [2.45, 2.75) is 0 Å². The maximum absolute atomic E-state index is 12.5. The maximum atomic E-state index is 12.5. The lowest BCUT2D eigenvalue weighted by atomic mass is 10.2. The molecule has 0 heterocycles. The number of nitro benzene ring substituents is 1. The van der Waals surface area contributed by atoms with Crippen LogP contribution in [0.25, 0.3) is 0 Å². The Morgan fingerprint density at radius 3 is 2.45 bits per heavy atom. The van der Waals surface area contributed by atoms with Crippen molar-refractivity contribution >= 4 is 57.8 Å². The van der Waals surface area contributed by atoms with Gasteiger partial charge in [-0.15, -0.1) is 0 Å². The van der Waals surface area contributed by atoms with Gasteiger partial charge in [-0.1, -0.05) is 29.8 Å². The van der Waals surface area contributed by atoms with Crippen molar-refractivity contribution in [3.63, 3.8) is 0 Å². The van der Waals surface area contributed by atoms with Gasteiger partial charge < -0.3 is 15.4 Å². The number of thiocarbonyl (C=S) groups is 1. The number of nitrogens with one attached hydrogen (secondary N) is 3. The van der Waals surface area contributed by atoms with Gasteiger partial charge in [0, 0.05) is 29.4 Å². The Morgan fingerprint density at radius 1 is 1.00 bits per heavy atom. The Labute approximate surface area is 198 Å². The van der Waals surface area contributed by atoms with Crippen LogP contribution in [0, 0.1) is 10.1 Å². The molecule has 3 aromatic carbocycles. The van der Waals surface area contributed by atoms with Crippen molar-refractivity contribution in [3.05, 3.63) is 93.0 Å². The number of methoxy groups -OCH3 is 1. The van der Waals surface area contributed by atoms with Crippen LogP contribution < -0.4 is 20.7 Å². The lowest BCUT2D eigenvalue weighted by Gasteiger charge is -2.14. The molecule has 0 atom stereocenters. The molecule has 3 N–H and O–H groups in total. The van der Waals surface area contributed by atoms with E-state index in [9.17, 15) is 19.7 Å². The van der Waals surface area contributed by atoms with E-state index in [4.69, 9.17) is 28.6 Å². The van der Waals surface area contributed by atoms with Gasteiger partial charge in [-0.2, -0.15) is 0 Å². The standard InChI is InChI=1S/C22H17ClN4O5S/c1-32-19-12-14(9-10-18(19)25-21(29)16-7-2-3-8-17(16)23)24-22(33)26-20(28)13-5-4-6-15(11-13)27(30)31/h2-12H,1H3,(H,25,29)(H2,24,26,28,33). The number of carbonyl (C=O) groups excluding carboxylic acids is 2. The van der Waals surface area contributed by atoms with E-state index in [1.807, 2.05) is 0 Å². The molecule has 0 unspecified atom stereocenters. The number of benzene rings is 3. The van der Waals surface area contributed by atoms with E-state index in [0.29, 0.717) is 27.7 Å². The fraction of sp³-hybridized carbons (Fsp3) is 0.0455. The summed E-state index contributed by atoms with van der Waals surface area (Å²) in [7, 11) is 1.44. The highest BCUT2D eigenvalue weighted by molar-refractivity contribution is 7.80. The molecular weight excluding hydrogens is 468 g/mol. The van der Waals surface area contributed by atoms with Gasteiger partial charge >= 0.3 is 0 Å². The highest BCUT2D eigenvalue weighted by atomic mass is 35.5. The highest BCUT2D eigenvalue weighted by Crippen LogP contribution is 2.29. The third-order valence-corrected chi connectivity index (χ3v) is 4.91. The molecule has 0 saturated heterocycles. The van der Waals surface area contributed by atoms with Crippen LogP contribution in [0.4, 0.5) is 17.1 Å². The first-order valence-electron chi connectivity index (χ1n) is 9.39. The molecule has 0 aromatic heterocycles. The Kier molecular flexibility index (Phi) is 7.54. The van der Waals surface area contributed by atoms with Crippen LogP contribution in [0.3, 0.4) is 0 Å². The minimum atomic E-state index is -0.605. The molecule has 168 valence electrons. The number of halogens is 1. The molecule has 2 amide bonds. The summed E-state index contributed by atoms with van der Waals surface area (Å²) in [5.41, 5.74) is 1.07. The largest absolute Gasteiger partial charge is 0.494 e. The van der Waals surface area contributed by atoms with E-state index in [1.54, 1.807) is 42.5 Å². The number of non-ortho nitro benzene ring substituents is 1. The molecular formula is C22H17ClN4O5S. The minimum absolute atomic E-state index is 0.0265. The van der Waals surface area contributed by atoms with Crippen molar-refractivity contribution < 1.29 is 19.2 Å². The predicted octanol–water partition coefficient (Wildman–Crippen LogP) is 4.64.